The molecule has 2 aromatic rings. The molecule has 0 unspecified atom stereocenters. The zero-order valence-electron chi connectivity index (χ0n) is 13.3. The van der Waals surface area contributed by atoms with Crippen LogP contribution in [0.5, 0.6) is 0 Å². The van der Waals surface area contributed by atoms with Gasteiger partial charge in [-0.05, 0) is 39.7 Å². The van der Waals surface area contributed by atoms with Crippen molar-refractivity contribution in [1.82, 2.24) is 10.3 Å². The van der Waals surface area contributed by atoms with Gasteiger partial charge in [0.2, 0.25) is 0 Å². The highest BCUT2D eigenvalue weighted by molar-refractivity contribution is 7.21. The van der Waals surface area contributed by atoms with E-state index in [1.807, 2.05) is 19.9 Å². The first-order valence-corrected chi connectivity index (χ1v) is 8.11. The number of amides is 1. The van der Waals surface area contributed by atoms with Gasteiger partial charge in [-0.25, -0.2) is 0 Å². The van der Waals surface area contributed by atoms with Gasteiger partial charge < -0.3 is 11.1 Å². The van der Waals surface area contributed by atoms with Gasteiger partial charge in [0.05, 0.1) is 5.69 Å². The van der Waals surface area contributed by atoms with Gasteiger partial charge in [-0.3, -0.25) is 9.78 Å². The summed E-state index contributed by atoms with van der Waals surface area (Å²) in [6.07, 6.45) is 1.78. The number of nitrogen functional groups attached to an aromatic ring is 1. The number of aromatic nitrogens is 1. The fraction of sp³-hybridized carbons (Fsp3) is 0.500. The highest BCUT2D eigenvalue weighted by Gasteiger charge is 2.26. The van der Waals surface area contributed by atoms with E-state index in [9.17, 15) is 4.79 Å². The summed E-state index contributed by atoms with van der Waals surface area (Å²) in [7, 11) is 0. The maximum atomic E-state index is 12.6. The molecule has 0 saturated heterocycles. The third-order valence-corrected chi connectivity index (χ3v) is 5.35. The van der Waals surface area contributed by atoms with Gasteiger partial charge in [-0.1, -0.05) is 13.8 Å². The minimum Gasteiger partial charge on any atom is -0.397 e. The lowest BCUT2D eigenvalue weighted by atomic mass is 9.95. The van der Waals surface area contributed by atoms with Crippen LogP contribution in [0.1, 0.15) is 54.7 Å². The molecule has 114 valence electrons. The van der Waals surface area contributed by atoms with Gasteiger partial charge in [-0.15, -0.1) is 11.3 Å². The lowest BCUT2D eigenvalue weighted by molar-refractivity contribution is 0.0906. The van der Waals surface area contributed by atoms with Crippen molar-refractivity contribution >= 4 is 33.0 Å². The summed E-state index contributed by atoms with van der Waals surface area (Å²) in [4.78, 5) is 17.6. The molecular formula is C16H23N3OS. The zero-order valence-corrected chi connectivity index (χ0v) is 14.1. The van der Waals surface area contributed by atoms with Crippen LogP contribution < -0.4 is 11.1 Å². The van der Waals surface area contributed by atoms with Gasteiger partial charge in [0.25, 0.3) is 5.91 Å². The van der Waals surface area contributed by atoms with Crippen LogP contribution >= 0.6 is 11.3 Å². The third-order valence-electron chi connectivity index (χ3n) is 4.20. The fourth-order valence-corrected chi connectivity index (χ4v) is 3.57. The van der Waals surface area contributed by atoms with E-state index in [1.54, 1.807) is 0 Å². The van der Waals surface area contributed by atoms with Gasteiger partial charge in [0.1, 0.15) is 4.88 Å². The number of carbonyl (C=O) groups excluding carboxylic acids is 1. The molecule has 0 aliphatic carbocycles. The molecule has 21 heavy (non-hydrogen) atoms. The van der Waals surface area contributed by atoms with E-state index in [-0.39, 0.29) is 11.4 Å². The lowest BCUT2D eigenvalue weighted by Gasteiger charge is -2.28. The van der Waals surface area contributed by atoms with Crippen LogP contribution in [-0.4, -0.2) is 16.4 Å². The first-order valence-electron chi connectivity index (χ1n) is 7.30. The Labute approximate surface area is 129 Å². The minimum atomic E-state index is -0.192. The molecule has 4 nitrogen and oxygen atoms in total. The standard InChI is InChI=1S/C16H23N3OS/c1-6-16(5,7-2)19-15(20)14-13(17)12-10(4)18-9(3)8-11(12)21-14/h8H,6-7,17H2,1-5H3,(H,19,20). The number of fused-ring (bicyclic) bond motifs is 1. The topological polar surface area (TPSA) is 68.0 Å². The molecule has 0 radical (unpaired) electrons. The van der Waals surface area contributed by atoms with Crippen LogP contribution in [0, 0.1) is 13.8 Å². The summed E-state index contributed by atoms with van der Waals surface area (Å²) < 4.78 is 1.03. The number of nitrogens with one attached hydrogen (secondary N) is 1. The Morgan fingerprint density at radius 2 is 2.00 bits per heavy atom. The van der Waals surface area contributed by atoms with Crippen LogP contribution in [0.25, 0.3) is 10.1 Å². The van der Waals surface area contributed by atoms with E-state index in [2.05, 4.69) is 31.1 Å². The molecule has 3 N–H and O–H groups in total. The van der Waals surface area contributed by atoms with Crippen molar-refractivity contribution in [2.45, 2.75) is 53.0 Å². The number of carbonyl (C=O) groups is 1. The van der Waals surface area contributed by atoms with Crippen molar-refractivity contribution < 1.29 is 4.79 Å². The molecule has 0 fully saturated rings. The Hall–Kier alpha value is -1.62. The molecule has 1 amide bonds. The van der Waals surface area contributed by atoms with Crippen molar-refractivity contribution in [1.29, 1.82) is 0 Å². The maximum absolute atomic E-state index is 12.6. The summed E-state index contributed by atoms with van der Waals surface area (Å²) in [6.45, 7) is 10.1. The molecule has 5 heteroatoms. The molecule has 0 aliphatic rings. The van der Waals surface area contributed by atoms with Crippen molar-refractivity contribution in [3.05, 3.63) is 22.3 Å². The number of hydrogen-bond acceptors (Lipinski definition) is 4. The van der Waals surface area contributed by atoms with Gasteiger partial charge >= 0.3 is 0 Å². The van der Waals surface area contributed by atoms with Crippen LogP contribution in [0.2, 0.25) is 0 Å². The molecular weight excluding hydrogens is 282 g/mol. The zero-order chi connectivity index (χ0) is 15.8. The summed E-state index contributed by atoms with van der Waals surface area (Å²) in [5.41, 5.74) is 8.38. The predicted molar refractivity (Wildman–Crippen MR) is 90.0 cm³/mol. The molecule has 2 rings (SSSR count). The van der Waals surface area contributed by atoms with E-state index in [1.165, 1.54) is 11.3 Å². The Kier molecular flexibility index (Phi) is 4.23. The molecule has 0 aliphatic heterocycles. The number of aryl methyl sites for hydroxylation is 2. The van der Waals surface area contributed by atoms with E-state index in [0.717, 1.165) is 34.3 Å². The van der Waals surface area contributed by atoms with Gasteiger partial charge in [0.15, 0.2) is 0 Å². The Bertz CT molecular complexity index is 686. The number of nitrogens with zero attached hydrogens (tertiary/aromatic N) is 1. The second kappa shape index (κ2) is 5.64. The SMILES string of the molecule is CCC(C)(CC)NC(=O)c1sc2cc(C)nc(C)c2c1N. The highest BCUT2D eigenvalue weighted by Crippen LogP contribution is 2.35. The molecule has 0 bridgehead atoms. The van der Waals surface area contributed by atoms with E-state index < -0.39 is 0 Å². The average molecular weight is 305 g/mol. The summed E-state index contributed by atoms with van der Waals surface area (Å²) in [5, 5.41) is 4.02. The second-order valence-electron chi connectivity index (χ2n) is 5.79. The molecule has 0 atom stereocenters. The summed E-state index contributed by atoms with van der Waals surface area (Å²) in [6, 6.07) is 1.99. The number of nitrogens with two attached hydrogens (primary N) is 1. The number of thiophene rings is 1. The molecule has 0 saturated carbocycles. The number of pyridine rings is 1. The van der Waals surface area contributed by atoms with Crippen molar-refractivity contribution in [2.24, 2.45) is 0 Å². The lowest BCUT2D eigenvalue weighted by Crippen LogP contribution is -2.44. The second-order valence-corrected chi connectivity index (χ2v) is 6.84. The molecule has 0 spiro atoms. The Balaban J connectivity index is 2.45. The van der Waals surface area contributed by atoms with Gasteiger partial charge in [-0.2, -0.15) is 0 Å². The van der Waals surface area contributed by atoms with Crippen LogP contribution in [-0.2, 0) is 0 Å². The smallest absolute Gasteiger partial charge is 0.263 e. The molecule has 2 heterocycles. The van der Waals surface area contributed by atoms with Crippen LogP contribution in [0.3, 0.4) is 0 Å². The van der Waals surface area contributed by atoms with E-state index in [0.29, 0.717) is 10.6 Å². The predicted octanol–water partition coefficient (Wildman–Crippen LogP) is 3.80. The van der Waals surface area contributed by atoms with Crippen LogP contribution in [0.4, 0.5) is 5.69 Å². The third kappa shape index (κ3) is 2.88. The maximum Gasteiger partial charge on any atom is 0.263 e. The van der Waals surface area contributed by atoms with Crippen molar-refractivity contribution in [2.75, 3.05) is 5.73 Å². The van der Waals surface area contributed by atoms with Crippen molar-refractivity contribution in [3.8, 4) is 0 Å². The normalized spacial score (nSPS) is 11.9. The van der Waals surface area contributed by atoms with Crippen molar-refractivity contribution in [3.63, 3.8) is 0 Å². The molecule has 0 aromatic carbocycles. The Morgan fingerprint density at radius 3 is 2.57 bits per heavy atom. The van der Waals surface area contributed by atoms with Gasteiger partial charge in [0, 0.05) is 27.0 Å². The fourth-order valence-electron chi connectivity index (χ4n) is 2.41. The molecule has 2 aromatic heterocycles. The first-order chi connectivity index (χ1) is 9.81. The van der Waals surface area contributed by atoms with Crippen LogP contribution in [0.15, 0.2) is 6.07 Å². The minimum absolute atomic E-state index is 0.0862. The summed E-state index contributed by atoms with van der Waals surface area (Å²) in [5.74, 6) is -0.0862. The first kappa shape index (κ1) is 15.8. The Morgan fingerprint density at radius 1 is 1.38 bits per heavy atom. The number of hydrogen-bond donors (Lipinski definition) is 2. The summed E-state index contributed by atoms with van der Waals surface area (Å²) >= 11 is 1.44. The average Bonchev–Trinajstić information content (AvgIpc) is 2.75. The highest BCUT2D eigenvalue weighted by atomic mass is 32.1. The largest absolute Gasteiger partial charge is 0.397 e. The van der Waals surface area contributed by atoms with E-state index in [4.69, 9.17) is 5.73 Å². The quantitative estimate of drug-likeness (QED) is 0.902. The number of anilines is 1. The monoisotopic (exact) mass is 305 g/mol. The number of rotatable bonds is 4. The van der Waals surface area contributed by atoms with E-state index >= 15 is 0 Å².